The molecule has 2 aromatic carbocycles. The van der Waals surface area contributed by atoms with Crippen LogP contribution in [0, 0.1) is 6.92 Å². The first-order valence-corrected chi connectivity index (χ1v) is 7.05. The van der Waals surface area contributed by atoms with E-state index in [0.29, 0.717) is 5.56 Å². The van der Waals surface area contributed by atoms with E-state index in [1.807, 2.05) is 0 Å². The third-order valence-corrected chi connectivity index (χ3v) is 4.21. The fraction of sp³-hybridized carbons (Fsp3) is 0.0769. The molecule has 0 atom stereocenters. The van der Waals surface area contributed by atoms with Crippen LogP contribution in [0.25, 0.3) is 0 Å². The number of nitrogens with two attached hydrogens (primary N) is 1. The summed E-state index contributed by atoms with van der Waals surface area (Å²) in [6.45, 7) is 1.67. The molecule has 0 saturated carbocycles. The Labute approximate surface area is 111 Å². The standard InChI is InChI=1S/C13H14N2O3S/c1-9-4-2-7-12(14)13(9)19(17,18)15-10-5-3-6-11(16)8-10/h2-8,15-16H,14H2,1H3. The summed E-state index contributed by atoms with van der Waals surface area (Å²) in [4.78, 5) is 0.0540. The van der Waals surface area contributed by atoms with Crippen LogP contribution in [0.1, 0.15) is 5.56 Å². The van der Waals surface area contributed by atoms with E-state index in [1.54, 1.807) is 31.2 Å². The molecule has 5 nitrogen and oxygen atoms in total. The van der Waals surface area contributed by atoms with Crippen molar-refractivity contribution in [3.63, 3.8) is 0 Å². The van der Waals surface area contributed by atoms with Gasteiger partial charge >= 0.3 is 0 Å². The van der Waals surface area contributed by atoms with Gasteiger partial charge in [0.15, 0.2) is 0 Å². The molecule has 0 saturated heterocycles. The molecule has 0 bridgehead atoms. The van der Waals surface area contributed by atoms with Gasteiger partial charge in [0.25, 0.3) is 10.0 Å². The lowest BCUT2D eigenvalue weighted by atomic mass is 10.2. The van der Waals surface area contributed by atoms with Crippen molar-refractivity contribution in [2.45, 2.75) is 11.8 Å². The minimum absolute atomic E-state index is 0.0158. The third-order valence-electron chi connectivity index (χ3n) is 2.61. The second-order valence-corrected chi connectivity index (χ2v) is 5.77. The molecule has 0 spiro atoms. The van der Waals surface area contributed by atoms with Crippen molar-refractivity contribution in [2.24, 2.45) is 0 Å². The molecule has 0 fully saturated rings. The highest BCUT2D eigenvalue weighted by Gasteiger charge is 2.19. The molecule has 2 aromatic rings. The van der Waals surface area contributed by atoms with Crippen LogP contribution in [0.4, 0.5) is 11.4 Å². The zero-order chi connectivity index (χ0) is 14.0. The molecule has 0 aromatic heterocycles. The average Bonchev–Trinajstić information content (AvgIpc) is 2.27. The van der Waals surface area contributed by atoms with Crippen molar-refractivity contribution in [2.75, 3.05) is 10.5 Å². The van der Waals surface area contributed by atoms with Crippen molar-refractivity contribution >= 4 is 21.4 Å². The largest absolute Gasteiger partial charge is 0.508 e. The number of nitrogen functional groups attached to an aromatic ring is 1. The number of nitrogens with one attached hydrogen (secondary N) is 1. The molecule has 0 aliphatic heterocycles. The number of rotatable bonds is 3. The maximum absolute atomic E-state index is 12.3. The number of hydrogen-bond acceptors (Lipinski definition) is 4. The number of sulfonamides is 1. The quantitative estimate of drug-likeness (QED) is 0.749. The van der Waals surface area contributed by atoms with Crippen LogP contribution < -0.4 is 10.5 Å². The second kappa shape index (κ2) is 4.81. The molecule has 0 aliphatic rings. The van der Waals surface area contributed by atoms with Gasteiger partial charge in [-0.05, 0) is 30.7 Å². The summed E-state index contributed by atoms with van der Waals surface area (Å²) in [6.07, 6.45) is 0. The maximum Gasteiger partial charge on any atom is 0.264 e. The van der Waals surface area contributed by atoms with Gasteiger partial charge in [-0.3, -0.25) is 4.72 Å². The van der Waals surface area contributed by atoms with Crippen LogP contribution in [0.2, 0.25) is 0 Å². The predicted molar refractivity (Wildman–Crippen MR) is 74.5 cm³/mol. The summed E-state index contributed by atoms with van der Waals surface area (Å²) in [5, 5.41) is 9.33. The molecule has 100 valence electrons. The molecule has 0 unspecified atom stereocenters. The van der Waals surface area contributed by atoms with Gasteiger partial charge in [-0.2, -0.15) is 0 Å². The molecule has 0 heterocycles. The lowest BCUT2D eigenvalue weighted by Gasteiger charge is -2.12. The molecule has 0 radical (unpaired) electrons. The van der Waals surface area contributed by atoms with Crippen molar-refractivity contribution in [1.82, 2.24) is 0 Å². The summed E-state index contributed by atoms with van der Waals surface area (Å²) < 4.78 is 27.0. The molecular weight excluding hydrogens is 264 g/mol. The van der Waals surface area contributed by atoms with E-state index < -0.39 is 10.0 Å². The van der Waals surface area contributed by atoms with E-state index in [0.717, 1.165) is 0 Å². The van der Waals surface area contributed by atoms with Crippen LogP contribution in [0.5, 0.6) is 5.75 Å². The number of phenols is 1. The summed E-state index contributed by atoms with van der Waals surface area (Å²) in [5.41, 5.74) is 6.75. The summed E-state index contributed by atoms with van der Waals surface area (Å²) >= 11 is 0. The smallest absolute Gasteiger partial charge is 0.264 e. The number of aromatic hydroxyl groups is 1. The number of benzene rings is 2. The van der Waals surface area contributed by atoms with Crippen molar-refractivity contribution in [1.29, 1.82) is 0 Å². The highest BCUT2D eigenvalue weighted by molar-refractivity contribution is 7.93. The van der Waals surface area contributed by atoms with Crippen LogP contribution in [0.15, 0.2) is 47.4 Å². The predicted octanol–water partition coefficient (Wildman–Crippen LogP) is 2.08. The van der Waals surface area contributed by atoms with Crippen LogP contribution in [0.3, 0.4) is 0 Å². The Hall–Kier alpha value is -2.21. The van der Waals surface area contributed by atoms with E-state index in [-0.39, 0.29) is 22.0 Å². The number of hydrogen-bond donors (Lipinski definition) is 3. The van der Waals surface area contributed by atoms with Gasteiger partial charge in [-0.15, -0.1) is 0 Å². The van der Waals surface area contributed by atoms with Crippen molar-refractivity contribution in [3.8, 4) is 5.75 Å². The first-order valence-electron chi connectivity index (χ1n) is 5.57. The molecule has 6 heteroatoms. The van der Waals surface area contributed by atoms with Crippen LogP contribution in [-0.2, 0) is 10.0 Å². The van der Waals surface area contributed by atoms with Crippen LogP contribution >= 0.6 is 0 Å². The Morgan fingerprint density at radius 3 is 2.47 bits per heavy atom. The Balaban J connectivity index is 2.44. The Morgan fingerprint density at radius 2 is 1.84 bits per heavy atom. The summed E-state index contributed by atoms with van der Waals surface area (Å²) in [6, 6.07) is 10.8. The Morgan fingerprint density at radius 1 is 1.16 bits per heavy atom. The van der Waals surface area contributed by atoms with Crippen molar-refractivity contribution in [3.05, 3.63) is 48.0 Å². The van der Waals surface area contributed by atoms with Gasteiger partial charge in [0, 0.05) is 6.07 Å². The first kappa shape index (κ1) is 13.2. The number of phenolic OH excluding ortho intramolecular Hbond substituents is 1. The van der Waals surface area contributed by atoms with Gasteiger partial charge < -0.3 is 10.8 Å². The van der Waals surface area contributed by atoms with Gasteiger partial charge in [-0.25, -0.2) is 8.42 Å². The average molecular weight is 278 g/mol. The molecule has 19 heavy (non-hydrogen) atoms. The fourth-order valence-corrected chi connectivity index (χ4v) is 3.23. The maximum atomic E-state index is 12.3. The van der Waals surface area contributed by atoms with Gasteiger partial charge in [0.2, 0.25) is 0 Å². The minimum atomic E-state index is -3.78. The molecular formula is C13H14N2O3S. The normalized spacial score (nSPS) is 11.2. The van der Waals surface area contributed by atoms with E-state index in [2.05, 4.69) is 4.72 Å². The summed E-state index contributed by atoms with van der Waals surface area (Å²) in [7, 11) is -3.78. The highest BCUT2D eigenvalue weighted by Crippen LogP contribution is 2.25. The zero-order valence-electron chi connectivity index (χ0n) is 10.3. The Kier molecular flexibility index (Phi) is 3.35. The molecule has 4 N–H and O–H groups in total. The fourth-order valence-electron chi connectivity index (χ4n) is 1.82. The number of anilines is 2. The highest BCUT2D eigenvalue weighted by atomic mass is 32.2. The van der Waals surface area contributed by atoms with E-state index in [4.69, 9.17) is 5.73 Å². The number of aryl methyl sites for hydroxylation is 1. The van der Waals surface area contributed by atoms with Crippen molar-refractivity contribution < 1.29 is 13.5 Å². The summed E-state index contributed by atoms with van der Waals surface area (Å²) in [5.74, 6) is -0.0158. The van der Waals surface area contributed by atoms with E-state index in [9.17, 15) is 13.5 Å². The topological polar surface area (TPSA) is 92.4 Å². The van der Waals surface area contributed by atoms with E-state index in [1.165, 1.54) is 18.2 Å². The first-order chi connectivity index (χ1) is 8.90. The lowest BCUT2D eigenvalue weighted by Crippen LogP contribution is -2.16. The minimum Gasteiger partial charge on any atom is -0.508 e. The Bertz CT molecular complexity index is 691. The van der Waals surface area contributed by atoms with Gasteiger partial charge in [0.05, 0.1) is 11.4 Å². The molecule has 0 aliphatic carbocycles. The monoisotopic (exact) mass is 278 g/mol. The van der Waals surface area contributed by atoms with Crippen LogP contribution in [-0.4, -0.2) is 13.5 Å². The van der Waals surface area contributed by atoms with E-state index >= 15 is 0 Å². The molecule has 0 amide bonds. The lowest BCUT2D eigenvalue weighted by molar-refractivity contribution is 0.475. The zero-order valence-corrected chi connectivity index (χ0v) is 11.1. The SMILES string of the molecule is Cc1cccc(N)c1S(=O)(=O)Nc1cccc(O)c1. The second-order valence-electron chi connectivity index (χ2n) is 4.15. The molecule has 2 rings (SSSR count). The third kappa shape index (κ3) is 2.79. The van der Waals surface area contributed by atoms with Gasteiger partial charge in [-0.1, -0.05) is 18.2 Å². The van der Waals surface area contributed by atoms with Gasteiger partial charge in [0.1, 0.15) is 10.6 Å².